The van der Waals surface area contributed by atoms with Crippen LogP contribution < -0.4 is 10.6 Å². The number of aliphatic hydroxyl groups is 1. The van der Waals surface area contributed by atoms with E-state index in [2.05, 4.69) is 34.4 Å². The van der Waals surface area contributed by atoms with Crippen molar-refractivity contribution in [3.8, 4) is 0 Å². The molecule has 1 atom stereocenters. The van der Waals surface area contributed by atoms with Crippen LogP contribution in [-0.4, -0.2) is 34.8 Å². The number of halogens is 1. The minimum atomic E-state index is 0.198. The van der Waals surface area contributed by atoms with Crippen molar-refractivity contribution in [1.82, 2.24) is 9.97 Å². The van der Waals surface area contributed by atoms with E-state index in [9.17, 15) is 0 Å². The molecule has 3 N–H and O–H groups in total. The highest BCUT2D eigenvalue weighted by Gasteiger charge is 2.07. The van der Waals surface area contributed by atoms with Crippen LogP contribution in [0.2, 0.25) is 5.02 Å². The number of anilines is 2. The van der Waals surface area contributed by atoms with Crippen LogP contribution in [-0.2, 0) is 0 Å². The van der Waals surface area contributed by atoms with Crippen LogP contribution >= 0.6 is 11.6 Å². The zero-order chi connectivity index (χ0) is 13.4. The van der Waals surface area contributed by atoms with E-state index in [4.69, 9.17) is 16.7 Å². The summed E-state index contributed by atoms with van der Waals surface area (Å²) in [5, 5.41) is 15.6. The van der Waals surface area contributed by atoms with Crippen molar-refractivity contribution in [2.45, 2.75) is 26.7 Å². The summed E-state index contributed by atoms with van der Waals surface area (Å²) in [4.78, 5) is 8.42. The number of hydrogen-bond donors (Lipinski definition) is 3. The van der Waals surface area contributed by atoms with Crippen LogP contribution in [0.3, 0.4) is 0 Å². The Hall–Kier alpha value is -1.07. The quantitative estimate of drug-likeness (QED) is 0.678. The van der Waals surface area contributed by atoms with E-state index in [1.54, 1.807) is 6.20 Å². The van der Waals surface area contributed by atoms with Crippen LogP contribution in [0.5, 0.6) is 0 Å². The van der Waals surface area contributed by atoms with Gasteiger partial charge in [0.2, 0.25) is 5.95 Å². The molecule has 0 fully saturated rings. The molecule has 1 rings (SSSR count). The minimum Gasteiger partial charge on any atom is -0.396 e. The fraction of sp³-hybridized carbons (Fsp3) is 0.667. The molecule has 1 heterocycles. The standard InChI is InChI=1S/C12H21ClN4O/c1-3-5-14-12-16-8-10(13)11(17-12)15-7-9(2)4-6-18/h8-9,18H,3-7H2,1-2H3,(H2,14,15,16,17). The molecule has 0 aliphatic heterocycles. The maximum atomic E-state index is 8.84. The number of aliphatic hydroxyl groups excluding tert-OH is 1. The molecule has 0 amide bonds. The molecule has 1 aromatic heterocycles. The van der Waals surface area contributed by atoms with Crippen molar-refractivity contribution < 1.29 is 5.11 Å². The second-order valence-electron chi connectivity index (χ2n) is 4.32. The summed E-state index contributed by atoms with van der Waals surface area (Å²) in [6.45, 7) is 5.91. The molecule has 0 radical (unpaired) electrons. The molecule has 0 spiro atoms. The van der Waals surface area contributed by atoms with E-state index in [0.717, 1.165) is 25.9 Å². The Morgan fingerprint density at radius 2 is 2.22 bits per heavy atom. The highest BCUT2D eigenvalue weighted by Crippen LogP contribution is 2.19. The highest BCUT2D eigenvalue weighted by molar-refractivity contribution is 6.32. The van der Waals surface area contributed by atoms with E-state index < -0.39 is 0 Å². The maximum absolute atomic E-state index is 8.84. The monoisotopic (exact) mass is 272 g/mol. The molecule has 0 aliphatic rings. The number of nitrogens with zero attached hydrogens (tertiary/aromatic N) is 2. The van der Waals surface area contributed by atoms with Crippen LogP contribution in [0, 0.1) is 5.92 Å². The van der Waals surface area contributed by atoms with Gasteiger partial charge in [-0.05, 0) is 18.8 Å². The average Bonchev–Trinajstić information content (AvgIpc) is 2.36. The Morgan fingerprint density at radius 1 is 1.44 bits per heavy atom. The van der Waals surface area contributed by atoms with Crippen molar-refractivity contribution >= 4 is 23.4 Å². The molecule has 5 nitrogen and oxygen atoms in total. The summed E-state index contributed by atoms with van der Waals surface area (Å²) < 4.78 is 0. The second-order valence-corrected chi connectivity index (χ2v) is 4.72. The van der Waals surface area contributed by atoms with Gasteiger partial charge in [-0.3, -0.25) is 0 Å². The Labute approximate surface area is 113 Å². The SMILES string of the molecule is CCCNc1ncc(Cl)c(NCC(C)CCO)n1. The molecule has 6 heteroatoms. The molecular weight excluding hydrogens is 252 g/mol. The summed E-state index contributed by atoms with van der Waals surface area (Å²) in [6.07, 6.45) is 3.37. The third-order valence-electron chi connectivity index (χ3n) is 2.52. The lowest BCUT2D eigenvalue weighted by molar-refractivity contribution is 0.266. The van der Waals surface area contributed by atoms with Crippen molar-refractivity contribution in [1.29, 1.82) is 0 Å². The molecule has 0 bridgehead atoms. The molecule has 0 aromatic carbocycles. The predicted molar refractivity (Wildman–Crippen MR) is 75.2 cm³/mol. The van der Waals surface area contributed by atoms with E-state index in [-0.39, 0.29) is 6.61 Å². The fourth-order valence-electron chi connectivity index (χ4n) is 1.41. The van der Waals surface area contributed by atoms with E-state index in [1.807, 2.05) is 0 Å². The third kappa shape index (κ3) is 5.06. The maximum Gasteiger partial charge on any atom is 0.224 e. The van der Waals surface area contributed by atoms with Crippen molar-refractivity contribution in [2.75, 3.05) is 30.3 Å². The van der Waals surface area contributed by atoms with Crippen LogP contribution in [0.4, 0.5) is 11.8 Å². The highest BCUT2D eigenvalue weighted by atomic mass is 35.5. The first-order valence-corrected chi connectivity index (χ1v) is 6.66. The van der Waals surface area contributed by atoms with Gasteiger partial charge in [0.25, 0.3) is 0 Å². The number of rotatable bonds is 8. The Bertz CT molecular complexity index is 362. The minimum absolute atomic E-state index is 0.198. The summed E-state index contributed by atoms with van der Waals surface area (Å²) in [5.41, 5.74) is 0. The lowest BCUT2D eigenvalue weighted by Crippen LogP contribution is -2.14. The van der Waals surface area contributed by atoms with Gasteiger partial charge in [-0.25, -0.2) is 4.98 Å². The second kappa shape index (κ2) is 8.11. The average molecular weight is 273 g/mol. The van der Waals surface area contributed by atoms with Gasteiger partial charge in [-0.15, -0.1) is 0 Å². The molecule has 18 heavy (non-hydrogen) atoms. The Kier molecular flexibility index (Phi) is 6.75. The van der Waals surface area contributed by atoms with E-state index in [0.29, 0.717) is 22.7 Å². The molecule has 1 aromatic rings. The normalized spacial score (nSPS) is 12.2. The predicted octanol–water partition coefficient (Wildman–Crippen LogP) is 2.38. The topological polar surface area (TPSA) is 70.1 Å². The Morgan fingerprint density at radius 3 is 2.89 bits per heavy atom. The Balaban J connectivity index is 2.57. The first-order valence-electron chi connectivity index (χ1n) is 6.28. The van der Waals surface area contributed by atoms with E-state index in [1.165, 1.54) is 0 Å². The molecular formula is C12H21ClN4O. The van der Waals surface area contributed by atoms with Crippen molar-refractivity contribution in [3.05, 3.63) is 11.2 Å². The van der Waals surface area contributed by atoms with Crippen LogP contribution in [0.15, 0.2) is 6.20 Å². The van der Waals surface area contributed by atoms with Crippen LogP contribution in [0.25, 0.3) is 0 Å². The van der Waals surface area contributed by atoms with Gasteiger partial charge in [-0.2, -0.15) is 4.98 Å². The number of nitrogens with one attached hydrogen (secondary N) is 2. The zero-order valence-corrected chi connectivity index (χ0v) is 11.7. The lowest BCUT2D eigenvalue weighted by Gasteiger charge is -2.13. The van der Waals surface area contributed by atoms with Gasteiger partial charge in [0, 0.05) is 19.7 Å². The van der Waals surface area contributed by atoms with Crippen molar-refractivity contribution in [2.24, 2.45) is 5.92 Å². The molecule has 0 saturated heterocycles. The van der Waals surface area contributed by atoms with Gasteiger partial charge in [-0.1, -0.05) is 25.4 Å². The first-order chi connectivity index (χ1) is 8.67. The summed E-state index contributed by atoms with van der Waals surface area (Å²) in [6, 6.07) is 0. The summed E-state index contributed by atoms with van der Waals surface area (Å²) in [5.74, 6) is 1.58. The molecule has 102 valence electrons. The zero-order valence-electron chi connectivity index (χ0n) is 10.9. The molecule has 0 saturated carbocycles. The molecule has 0 aliphatic carbocycles. The first kappa shape index (κ1) is 15.0. The van der Waals surface area contributed by atoms with Gasteiger partial charge in [0.05, 0.1) is 6.20 Å². The van der Waals surface area contributed by atoms with E-state index >= 15 is 0 Å². The molecule has 1 unspecified atom stereocenters. The number of hydrogen-bond acceptors (Lipinski definition) is 5. The van der Waals surface area contributed by atoms with Gasteiger partial charge in [0.15, 0.2) is 0 Å². The fourth-order valence-corrected chi connectivity index (χ4v) is 1.56. The third-order valence-corrected chi connectivity index (χ3v) is 2.79. The van der Waals surface area contributed by atoms with Crippen molar-refractivity contribution in [3.63, 3.8) is 0 Å². The van der Waals surface area contributed by atoms with Gasteiger partial charge in [0.1, 0.15) is 10.8 Å². The van der Waals surface area contributed by atoms with Crippen LogP contribution in [0.1, 0.15) is 26.7 Å². The summed E-state index contributed by atoms with van der Waals surface area (Å²) in [7, 11) is 0. The lowest BCUT2D eigenvalue weighted by atomic mass is 10.1. The van der Waals surface area contributed by atoms with Gasteiger partial charge >= 0.3 is 0 Å². The van der Waals surface area contributed by atoms with Gasteiger partial charge < -0.3 is 15.7 Å². The largest absolute Gasteiger partial charge is 0.396 e. The number of aromatic nitrogens is 2. The smallest absolute Gasteiger partial charge is 0.224 e. The summed E-state index contributed by atoms with van der Waals surface area (Å²) >= 11 is 6.03.